The van der Waals surface area contributed by atoms with Gasteiger partial charge in [-0.2, -0.15) is 0 Å². The van der Waals surface area contributed by atoms with Gasteiger partial charge in [0, 0.05) is 29.5 Å². The standard InChI is InChI=1S/C44H68N2O5/c1-28(2)38-31-14-13-16-35-42(9,29(3)17-22-44(31,26-33(38)47)23-25-45-30(4)32-15-11-12-24-46-32)20-18-34-41(7,8)36(19-21-43(34,35)10)51-37(48)27-40(5,6)39(49)50/h11-12,15,24,28-30,34-36,45H,13-14,16-23,25-27H2,1-10H3,(H,49,50). The average Bonchev–Trinajstić information content (AvgIpc) is 3.33. The van der Waals surface area contributed by atoms with Crippen molar-refractivity contribution in [2.45, 2.75) is 158 Å². The van der Waals surface area contributed by atoms with Crippen molar-refractivity contribution in [3.05, 3.63) is 41.2 Å². The van der Waals surface area contributed by atoms with Crippen molar-refractivity contribution in [2.24, 2.45) is 50.7 Å². The number of carbonyl (C=O) groups is 3. The summed E-state index contributed by atoms with van der Waals surface area (Å²) in [5, 5.41) is 13.4. The van der Waals surface area contributed by atoms with Crippen molar-refractivity contribution in [1.29, 1.82) is 0 Å². The molecule has 4 aliphatic carbocycles. The molecule has 0 saturated heterocycles. The third-order valence-electron chi connectivity index (χ3n) is 15.1. The van der Waals surface area contributed by atoms with Crippen molar-refractivity contribution in [3.63, 3.8) is 0 Å². The largest absolute Gasteiger partial charge is 0.481 e. The molecule has 1 aromatic rings. The molecule has 1 heterocycles. The normalized spacial score (nSPS) is 34.7. The molecule has 0 aromatic carbocycles. The number of carboxylic acids is 1. The number of Topliss-reactive ketones (excluding diaryl/α,β-unsaturated/α-hetero) is 1. The number of aliphatic carboxylic acids is 1. The number of nitrogens with one attached hydrogen (secondary N) is 1. The van der Waals surface area contributed by atoms with E-state index in [1.54, 1.807) is 13.8 Å². The van der Waals surface area contributed by atoms with Gasteiger partial charge in [-0.05, 0) is 144 Å². The zero-order valence-corrected chi connectivity index (χ0v) is 33.5. The predicted octanol–water partition coefficient (Wildman–Crippen LogP) is 9.91. The number of fused-ring (bicyclic) bond motifs is 4. The van der Waals surface area contributed by atoms with Crippen LogP contribution in [-0.4, -0.2) is 40.5 Å². The Labute approximate surface area is 308 Å². The lowest BCUT2D eigenvalue weighted by Gasteiger charge is -2.65. The second-order valence-corrected chi connectivity index (χ2v) is 19.3. The molecule has 8 unspecified atom stereocenters. The summed E-state index contributed by atoms with van der Waals surface area (Å²) < 4.78 is 6.18. The monoisotopic (exact) mass is 705 g/mol. The average molecular weight is 705 g/mol. The van der Waals surface area contributed by atoms with Crippen LogP contribution in [0.3, 0.4) is 0 Å². The van der Waals surface area contributed by atoms with Gasteiger partial charge in [-0.3, -0.25) is 19.4 Å². The number of hydrogen-bond donors (Lipinski definition) is 2. The number of pyridine rings is 1. The van der Waals surface area contributed by atoms with Crippen LogP contribution in [-0.2, 0) is 19.1 Å². The lowest BCUT2D eigenvalue weighted by atomic mass is 9.40. The Morgan fingerprint density at radius 2 is 1.71 bits per heavy atom. The summed E-state index contributed by atoms with van der Waals surface area (Å²) in [5.41, 5.74) is 2.49. The zero-order valence-electron chi connectivity index (χ0n) is 33.5. The minimum Gasteiger partial charge on any atom is -0.481 e. The number of hydrogen-bond acceptors (Lipinski definition) is 6. The molecule has 3 fully saturated rings. The number of carboxylic acid groups (broad SMARTS) is 1. The molecule has 0 amide bonds. The van der Waals surface area contributed by atoms with Crippen LogP contribution in [0.2, 0.25) is 0 Å². The Morgan fingerprint density at radius 3 is 2.35 bits per heavy atom. The van der Waals surface area contributed by atoms with E-state index in [0.29, 0.717) is 30.0 Å². The minimum absolute atomic E-state index is 0.0782. The first-order valence-electron chi connectivity index (χ1n) is 20.1. The van der Waals surface area contributed by atoms with Crippen molar-refractivity contribution >= 4 is 17.7 Å². The van der Waals surface area contributed by atoms with E-state index in [2.05, 4.69) is 71.8 Å². The second-order valence-electron chi connectivity index (χ2n) is 19.3. The summed E-state index contributed by atoms with van der Waals surface area (Å²) in [7, 11) is 0. The molecule has 0 aliphatic heterocycles. The molecule has 8 atom stereocenters. The number of carbonyl (C=O) groups excluding carboxylic acids is 2. The van der Waals surface area contributed by atoms with E-state index < -0.39 is 17.4 Å². The van der Waals surface area contributed by atoms with Gasteiger partial charge in [-0.25, -0.2) is 0 Å². The van der Waals surface area contributed by atoms with Gasteiger partial charge in [-0.15, -0.1) is 0 Å². The summed E-state index contributed by atoms with van der Waals surface area (Å²) in [5.74, 6) is 0.693. The molecule has 3 saturated carbocycles. The van der Waals surface area contributed by atoms with Crippen LogP contribution in [0.5, 0.6) is 0 Å². The highest BCUT2D eigenvalue weighted by Gasteiger charge is 2.62. The maximum absolute atomic E-state index is 13.9. The first-order valence-corrected chi connectivity index (χ1v) is 20.1. The van der Waals surface area contributed by atoms with Crippen LogP contribution in [0.15, 0.2) is 35.5 Å². The fourth-order valence-corrected chi connectivity index (χ4v) is 11.9. The van der Waals surface area contributed by atoms with Crippen LogP contribution < -0.4 is 5.32 Å². The second kappa shape index (κ2) is 14.7. The minimum atomic E-state index is -1.15. The smallest absolute Gasteiger partial charge is 0.309 e. The van der Waals surface area contributed by atoms with Gasteiger partial charge in [0.15, 0.2) is 5.78 Å². The number of ketones is 1. The van der Waals surface area contributed by atoms with Crippen LogP contribution in [0.4, 0.5) is 0 Å². The van der Waals surface area contributed by atoms with Gasteiger partial charge in [0.1, 0.15) is 6.10 Å². The Balaban J connectivity index is 1.38. The lowest BCUT2D eigenvalue weighted by Crippen LogP contribution is -2.60. The highest BCUT2D eigenvalue weighted by Crippen LogP contribution is 2.68. The summed E-state index contributed by atoms with van der Waals surface area (Å²) in [6, 6.07) is 6.24. The Kier molecular flexibility index (Phi) is 11.4. The van der Waals surface area contributed by atoms with Gasteiger partial charge in [-0.1, -0.05) is 60.1 Å². The number of aromatic nitrogens is 1. The van der Waals surface area contributed by atoms with Crippen LogP contribution >= 0.6 is 0 Å². The maximum atomic E-state index is 13.9. The zero-order chi connectivity index (χ0) is 37.6. The highest BCUT2D eigenvalue weighted by atomic mass is 16.5. The maximum Gasteiger partial charge on any atom is 0.309 e. The predicted molar refractivity (Wildman–Crippen MR) is 203 cm³/mol. The summed E-state index contributed by atoms with van der Waals surface area (Å²) in [4.78, 5) is 43.3. The number of ether oxygens (including phenoxy) is 1. The van der Waals surface area contributed by atoms with Gasteiger partial charge in [0.05, 0.1) is 17.5 Å². The SMILES string of the molecule is CC(C)C1=C2CCCC3C(C)(CCC4C(C)(C)C(OC(=O)CC(C)(C)C(=O)O)CCC43C)C(C)CCC2(CCNC(C)c2ccccn2)CC1=O. The molecule has 1 aromatic heterocycles. The van der Waals surface area contributed by atoms with Crippen LogP contribution in [0, 0.1) is 50.7 Å². The van der Waals surface area contributed by atoms with E-state index in [4.69, 9.17) is 4.74 Å². The molecule has 0 bridgehead atoms. The van der Waals surface area contributed by atoms with E-state index >= 15 is 0 Å². The van der Waals surface area contributed by atoms with Gasteiger partial charge in [0.25, 0.3) is 0 Å². The van der Waals surface area contributed by atoms with E-state index in [1.165, 1.54) is 5.57 Å². The van der Waals surface area contributed by atoms with Gasteiger partial charge < -0.3 is 15.2 Å². The molecule has 7 nitrogen and oxygen atoms in total. The van der Waals surface area contributed by atoms with E-state index in [-0.39, 0.29) is 46.1 Å². The molecule has 51 heavy (non-hydrogen) atoms. The molecule has 7 heteroatoms. The van der Waals surface area contributed by atoms with Crippen molar-refractivity contribution < 1.29 is 24.2 Å². The summed E-state index contributed by atoms with van der Waals surface area (Å²) in [6.45, 7) is 22.9. The molecule has 5 rings (SSSR count). The van der Waals surface area contributed by atoms with Crippen LogP contribution in [0.1, 0.15) is 158 Å². The molecular weight excluding hydrogens is 636 g/mol. The third-order valence-corrected chi connectivity index (χ3v) is 15.1. The Bertz CT molecular complexity index is 1480. The number of nitrogens with zero attached hydrogens (tertiary/aromatic N) is 1. The molecule has 2 N–H and O–H groups in total. The molecule has 0 spiro atoms. The van der Waals surface area contributed by atoms with Crippen LogP contribution in [0.25, 0.3) is 0 Å². The molecule has 284 valence electrons. The van der Waals surface area contributed by atoms with Gasteiger partial charge >= 0.3 is 11.9 Å². The number of allylic oxidation sites excluding steroid dienone is 2. The first-order chi connectivity index (χ1) is 23.8. The van der Waals surface area contributed by atoms with E-state index in [1.807, 2.05) is 18.3 Å². The van der Waals surface area contributed by atoms with E-state index in [9.17, 15) is 19.5 Å². The highest BCUT2D eigenvalue weighted by molar-refractivity contribution is 6.00. The Morgan fingerprint density at radius 1 is 1.00 bits per heavy atom. The Hall–Kier alpha value is -2.54. The topological polar surface area (TPSA) is 106 Å². The lowest BCUT2D eigenvalue weighted by molar-refractivity contribution is -0.201. The summed E-state index contributed by atoms with van der Waals surface area (Å²) in [6.07, 6.45) is 12.7. The van der Waals surface area contributed by atoms with Gasteiger partial charge in [0.2, 0.25) is 0 Å². The summed E-state index contributed by atoms with van der Waals surface area (Å²) >= 11 is 0. The van der Waals surface area contributed by atoms with Crippen molar-refractivity contribution in [2.75, 3.05) is 6.54 Å². The number of esters is 1. The third kappa shape index (κ3) is 7.49. The quantitative estimate of drug-likeness (QED) is 0.234. The molecule has 0 radical (unpaired) electrons. The van der Waals surface area contributed by atoms with E-state index in [0.717, 1.165) is 82.0 Å². The van der Waals surface area contributed by atoms with Crippen molar-refractivity contribution in [1.82, 2.24) is 10.3 Å². The van der Waals surface area contributed by atoms with Crippen molar-refractivity contribution in [3.8, 4) is 0 Å². The molecular formula is C44H68N2O5. The fraction of sp³-hybridized carbons (Fsp3) is 0.773. The molecule has 4 aliphatic rings. The first kappa shape index (κ1) is 39.7. The fourth-order valence-electron chi connectivity index (χ4n) is 11.9. The number of rotatable bonds is 10.